The zero-order valence-corrected chi connectivity index (χ0v) is 8.90. The first-order valence-corrected chi connectivity index (χ1v) is 4.87. The number of carbonyl (C=O) groups is 1. The minimum atomic E-state index is -0.491. The molecule has 80 valence electrons. The van der Waals surface area contributed by atoms with Gasteiger partial charge in [0.15, 0.2) is 0 Å². The molecule has 0 aromatic heterocycles. The molecule has 15 heavy (non-hydrogen) atoms. The van der Waals surface area contributed by atoms with Crippen LogP contribution < -0.4 is 0 Å². The van der Waals surface area contributed by atoms with E-state index in [1.165, 1.54) is 12.1 Å². The van der Waals surface area contributed by atoms with Gasteiger partial charge in [0.1, 0.15) is 0 Å². The van der Waals surface area contributed by atoms with Crippen LogP contribution in [-0.4, -0.2) is 10.2 Å². The molecule has 1 aromatic rings. The second-order valence-corrected chi connectivity index (χ2v) is 3.49. The van der Waals surface area contributed by atoms with Crippen molar-refractivity contribution in [3.8, 4) is 0 Å². The van der Waals surface area contributed by atoms with Crippen LogP contribution >= 0.6 is 11.6 Å². The number of nitro benzene ring substituents is 1. The molecule has 5 heteroatoms. The van der Waals surface area contributed by atoms with Crippen molar-refractivity contribution in [2.24, 2.45) is 0 Å². The maximum absolute atomic E-state index is 11.1. The summed E-state index contributed by atoms with van der Waals surface area (Å²) >= 11 is 5.40. The summed E-state index contributed by atoms with van der Waals surface area (Å²) in [6.45, 7) is 1.81. The maximum Gasteiger partial charge on any atom is 0.269 e. The lowest BCUT2D eigenvalue weighted by atomic mass is 9.97. The van der Waals surface area contributed by atoms with Gasteiger partial charge in [-0.3, -0.25) is 14.9 Å². The van der Waals surface area contributed by atoms with E-state index >= 15 is 0 Å². The zero-order chi connectivity index (χ0) is 11.4. The van der Waals surface area contributed by atoms with E-state index in [0.29, 0.717) is 12.0 Å². The molecule has 0 aliphatic rings. The van der Waals surface area contributed by atoms with Crippen molar-refractivity contribution in [1.29, 1.82) is 0 Å². The number of nitrogens with zero attached hydrogens (tertiary/aromatic N) is 1. The van der Waals surface area contributed by atoms with Crippen molar-refractivity contribution in [3.05, 3.63) is 39.9 Å². The lowest BCUT2D eigenvalue weighted by Gasteiger charge is -2.09. The molecule has 1 unspecified atom stereocenters. The molecule has 0 saturated heterocycles. The molecule has 0 saturated carbocycles. The van der Waals surface area contributed by atoms with Crippen LogP contribution in [0.25, 0.3) is 0 Å². The fourth-order valence-electron chi connectivity index (χ4n) is 1.38. The van der Waals surface area contributed by atoms with Gasteiger partial charge >= 0.3 is 0 Å². The van der Waals surface area contributed by atoms with Crippen molar-refractivity contribution in [3.63, 3.8) is 0 Å². The summed E-state index contributed by atoms with van der Waals surface area (Å²) in [5.74, 6) is -0.466. The van der Waals surface area contributed by atoms with Crippen LogP contribution in [0.2, 0.25) is 0 Å². The predicted molar refractivity (Wildman–Crippen MR) is 57.0 cm³/mol. The van der Waals surface area contributed by atoms with Gasteiger partial charge < -0.3 is 0 Å². The molecule has 0 radical (unpaired) electrons. The number of halogens is 1. The molecule has 0 spiro atoms. The third-order valence-electron chi connectivity index (χ3n) is 2.17. The van der Waals surface area contributed by atoms with Gasteiger partial charge in [-0.25, -0.2) is 0 Å². The third kappa shape index (κ3) is 2.76. The van der Waals surface area contributed by atoms with Gasteiger partial charge in [-0.15, -0.1) is 0 Å². The Bertz CT molecular complexity index is 392. The van der Waals surface area contributed by atoms with Crippen LogP contribution in [0, 0.1) is 10.1 Å². The molecule has 0 aliphatic heterocycles. The SMILES string of the molecule is CCC(C(=O)Cl)c1cccc([N+](=O)[O-])c1. The van der Waals surface area contributed by atoms with Gasteiger partial charge in [-0.05, 0) is 23.6 Å². The van der Waals surface area contributed by atoms with Crippen molar-refractivity contribution in [1.82, 2.24) is 0 Å². The predicted octanol–water partition coefficient (Wildman–Crippen LogP) is 2.85. The minimum absolute atomic E-state index is 0.0242. The van der Waals surface area contributed by atoms with E-state index in [2.05, 4.69) is 0 Å². The molecule has 0 amide bonds. The molecule has 1 atom stereocenters. The maximum atomic E-state index is 11.1. The Labute approximate surface area is 92.0 Å². The van der Waals surface area contributed by atoms with E-state index < -0.39 is 16.1 Å². The molecule has 0 heterocycles. The summed E-state index contributed by atoms with van der Waals surface area (Å²) < 4.78 is 0. The molecule has 0 N–H and O–H groups in total. The normalized spacial score (nSPS) is 12.1. The summed E-state index contributed by atoms with van der Waals surface area (Å²) in [6.07, 6.45) is 0.531. The summed E-state index contributed by atoms with van der Waals surface area (Å²) in [5, 5.41) is 10.0. The number of hydrogen-bond acceptors (Lipinski definition) is 3. The molecular formula is C10H10ClNO3. The summed E-state index contributed by atoms with van der Waals surface area (Å²) in [6, 6.07) is 5.99. The van der Waals surface area contributed by atoms with Gasteiger partial charge in [0.05, 0.1) is 10.8 Å². The topological polar surface area (TPSA) is 60.2 Å². The average Bonchev–Trinajstić information content (AvgIpc) is 2.18. The zero-order valence-electron chi connectivity index (χ0n) is 8.14. The quantitative estimate of drug-likeness (QED) is 0.451. The highest BCUT2D eigenvalue weighted by Gasteiger charge is 2.18. The molecule has 0 fully saturated rings. The number of rotatable bonds is 4. The lowest BCUT2D eigenvalue weighted by Crippen LogP contribution is -2.05. The molecule has 4 nitrogen and oxygen atoms in total. The number of non-ortho nitro benzene ring substituents is 1. The van der Waals surface area contributed by atoms with Crippen LogP contribution in [0.4, 0.5) is 5.69 Å². The number of benzene rings is 1. The number of nitro groups is 1. The van der Waals surface area contributed by atoms with Gasteiger partial charge in [0.2, 0.25) is 5.24 Å². The minimum Gasteiger partial charge on any atom is -0.281 e. The first kappa shape index (κ1) is 11.7. The highest BCUT2D eigenvalue weighted by atomic mass is 35.5. The Kier molecular flexibility index (Phi) is 3.80. The second kappa shape index (κ2) is 4.89. The van der Waals surface area contributed by atoms with E-state index in [1.807, 2.05) is 6.92 Å². The first-order valence-electron chi connectivity index (χ1n) is 4.50. The standard InChI is InChI=1S/C10H10ClNO3/c1-2-9(10(11)13)7-4-3-5-8(6-7)12(14)15/h3-6,9H,2H2,1H3. The molecular weight excluding hydrogens is 218 g/mol. The summed E-state index contributed by atoms with van der Waals surface area (Å²) in [7, 11) is 0. The molecule has 1 aromatic carbocycles. The van der Waals surface area contributed by atoms with E-state index in [1.54, 1.807) is 12.1 Å². The number of hydrogen-bond donors (Lipinski definition) is 0. The van der Waals surface area contributed by atoms with Crippen LogP contribution in [-0.2, 0) is 4.79 Å². The third-order valence-corrected chi connectivity index (χ3v) is 2.43. The molecule has 0 aliphatic carbocycles. The fraction of sp³-hybridized carbons (Fsp3) is 0.300. The van der Waals surface area contributed by atoms with Crippen LogP contribution in [0.1, 0.15) is 24.8 Å². The van der Waals surface area contributed by atoms with E-state index in [-0.39, 0.29) is 5.69 Å². The van der Waals surface area contributed by atoms with E-state index in [0.717, 1.165) is 0 Å². The van der Waals surface area contributed by atoms with Crippen LogP contribution in [0.3, 0.4) is 0 Å². The van der Waals surface area contributed by atoms with Crippen molar-refractivity contribution >= 4 is 22.5 Å². The van der Waals surface area contributed by atoms with Crippen molar-refractivity contribution < 1.29 is 9.72 Å². The van der Waals surface area contributed by atoms with Crippen molar-refractivity contribution in [2.75, 3.05) is 0 Å². The Morgan fingerprint density at radius 1 is 1.60 bits per heavy atom. The summed E-state index contributed by atoms with van der Waals surface area (Å²) in [4.78, 5) is 21.1. The highest BCUT2D eigenvalue weighted by molar-refractivity contribution is 6.64. The first-order chi connectivity index (χ1) is 7.06. The van der Waals surface area contributed by atoms with Gasteiger partial charge in [-0.2, -0.15) is 0 Å². The Morgan fingerprint density at radius 2 is 2.27 bits per heavy atom. The smallest absolute Gasteiger partial charge is 0.269 e. The Morgan fingerprint density at radius 3 is 2.73 bits per heavy atom. The Balaban J connectivity index is 3.08. The monoisotopic (exact) mass is 227 g/mol. The van der Waals surface area contributed by atoms with Gasteiger partial charge in [0.25, 0.3) is 5.69 Å². The fourth-order valence-corrected chi connectivity index (χ4v) is 1.66. The second-order valence-electron chi connectivity index (χ2n) is 3.12. The largest absolute Gasteiger partial charge is 0.281 e. The molecule has 0 bridgehead atoms. The highest BCUT2D eigenvalue weighted by Crippen LogP contribution is 2.25. The van der Waals surface area contributed by atoms with Gasteiger partial charge in [0, 0.05) is 12.1 Å². The van der Waals surface area contributed by atoms with E-state index in [9.17, 15) is 14.9 Å². The summed E-state index contributed by atoms with van der Waals surface area (Å²) in [5.41, 5.74) is 0.565. The van der Waals surface area contributed by atoms with E-state index in [4.69, 9.17) is 11.6 Å². The average molecular weight is 228 g/mol. The lowest BCUT2D eigenvalue weighted by molar-refractivity contribution is -0.384. The van der Waals surface area contributed by atoms with Crippen molar-refractivity contribution in [2.45, 2.75) is 19.3 Å². The van der Waals surface area contributed by atoms with Crippen LogP contribution in [0.15, 0.2) is 24.3 Å². The number of carbonyl (C=O) groups excluding carboxylic acids is 1. The van der Waals surface area contributed by atoms with Gasteiger partial charge in [-0.1, -0.05) is 19.1 Å². The molecule has 1 rings (SSSR count). The van der Waals surface area contributed by atoms with Crippen LogP contribution in [0.5, 0.6) is 0 Å². The Hall–Kier alpha value is -1.42.